The van der Waals surface area contributed by atoms with Crippen LogP contribution in [0.15, 0.2) is 29.2 Å². The third-order valence-corrected chi connectivity index (χ3v) is 3.57. The van der Waals surface area contributed by atoms with Gasteiger partial charge in [0.05, 0.1) is 4.90 Å². The van der Waals surface area contributed by atoms with Gasteiger partial charge < -0.3 is 4.90 Å². The molecule has 18 heavy (non-hydrogen) atoms. The highest BCUT2D eigenvalue weighted by Crippen LogP contribution is 2.12. The number of nitrogens with zero attached hydrogens (tertiary/aromatic N) is 1. The van der Waals surface area contributed by atoms with Crippen LogP contribution in [0.5, 0.6) is 0 Å². The van der Waals surface area contributed by atoms with E-state index in [-0.39, 0.29) is 4.90 Å². The Balaban J connectivity index is 0.000000360. The molecule has 0 amide bonds. The van der Waals surface area contributed by atoms with Gasteiger partial charge in [-0.05, 0) is 43.9 Å². The molecule has 0 radical (unpaired) electrons. The second-order valence-electron chi connectivity index (χ2n) is 3.55. The molecule has 0 bridgehead atoms. The predicted molar refractivity (Wildman–Crippen MR) is 74.7 cm³/mol. The Morgan fingerprint density at radius 1 is 1.06 bits per heavy atom. The minimum atomic E-state index is -4.08. The van der Waals surface area contributed by atoms with Crippen LogP contribution in [0, 0.1) is 0 Å². The Labute approximate surface area is 114 Å². The van der Waals surface area contributed by atoms with Gasteiger partial charge in [0, 0.05) is 5.02 Å². The minimum Gasteiger partial charge on any atom is -0.304 e. The molecule has 1 aromatic rings. The molecule has 0 aromatic heterocycles. The third kappa shape index (κ3) is 6.96. The predicted octanol–water partition coefficient (Wildman–Crippen LogP) is 2.93. The summed E-state index contributed by atoms with van der Waals surface area (Å²) in [6, 6.07) is 5.25. The lowest BCUT2D eigenvalue weighted by molar-refractivity contribution is 0.321. The van der Waals surface area contributed by atoms with Gasteiger partial charge in [0.15, 0.2) is 0 Å². The topological polar surface area (TPSA) is 57.6 Å². The summed E-state index contributed by atoms with van der Waals surface area (Å²) >= 11 is 5.49. The van der Waals surface area contributed by atoms with Gasteiger partial charge in [0.25, 0.3) is 10.1 Å². The summed E-state index contributed by atoms with van der Waals surface area (Å²) in [5.74, 6) is 0. The van der Waals surface area contributed by atoms with Crippen molar-refractivity contribution in [1.29, 1.82) is 0 Å². The number of rotatable bonds is 4. The third-order valence-electron chi connectivity index (χ3n) is 2.45. The Bertz CT molecular complexity index is 422. The van der Waals surface area contributed by atoms with Gasteiger partial charge >= 0.3 is 0 Å². The van der Waals surface area contributed by atoms with E-state index in [4.69, 9.17) is 16.2 Å². The second-order valence-corrected chi connectivity index (χ2v) is 5.41. The molecule has 6 heteroatoms. The molecule has 0 saturated carbocycles. The summed E-state index contributed by atoms with van der Waals surface area (Å²) in [4.78, 5) is 2.22. The van der Waals surface area contributed by atoms with Crippen molar-refractivity contribution in [3.63, 3.8) is 0 Å². The highest BCUT2D eigenvalue weighted by Gasteiger charge is 2.07. The maximum absolute atomic E-state index is 10.5. The van der Waals surface area contributed by atoms with E-state index < -0.39 is 10.1 Å². The maximum Gasteiger partial charge on any atom is 0.294 e. The highest BCUT2D eigenvalue weighted by atomic mass is 35.5. The van der Waals surface area contributed by atoms with E-state index in [0.29, 0.717) is 5.02 Å². The smallest absolute Gasteiger partial charge is 0.294 e. The SMILES string of the molecule is CCN(CC)CC.O=S(=O)(O)c1ccc(Cl)cc1. The number of hydrogen-bond acceptors (Lipinski definition) is 3. The van der Waals surface area contributed by atoms with Gasteiger partial charge in [-0.25, -0.2) is 0 Å². The molecule has 1 aromatic carbocycles. The standard InChI is InChI=1S/C6H5ClO3S.C6H15N/c7-5-1-3-6(4-2-5)11(8,9)10;1-4-7(5-2)6-3/h1-4H,(H,8,9,10);4-6H2,1-3H3. The van der Waals surface area contributed by atoms with Gasteiger partial charge in [0.2, 0.25) is 0 Å². The molecule has 1 N–H and O–H groups in total. The van der Waals surface area contributed by atoms with Crippen LogP contribution in [-0.2, 0) is 10.1 Å². The largest absolute Gasteiger partial charge is 0.304 e. The zero-order valence-electron chi connectivity index (χ0n) is 10.9. The van der Waals surface area contributed by atoms with Crippen molar-refractivity contribution in [2.24, 2.45) is 0 Å². The van der Waals surface area contributed by atoms with Gasteiger partial charge in [-0.15, -0.1) is 0 Å². The van der Waals surface area contributed by atoms with Gasteiger partial charge in [0.1, 0.15) is 0 Å². The van der Waals surface area contributed by atoms with Crippen molar-refractivity contribution >= 4 is 21.7 Å². The monoisotopic (exact) mass is 293 g/mol. The van der Waals surface area contributed by atoms with Gasteiger partial charge in [-0.1, -0.05) is 32.4 Å². The molecule has 0 aliphatic carbocycles. The molecule has 0 unspecified atom stereocenters. The lowest BCUT2D eigenvalue weighted by atomic mass is 10.4. The average molecular weight is 294 g/mol. The maximum atomic E-state index is 10.5. The summed E-state index contributed by atoms with van der Waals surface area (Å²) in [7, 11) is -4.08. The van der Waals surface area contributed by atoms with Crippen LogP contribution in [-0.4, -0.2) is 37.5 Å². The van der Waals surface area contributed by atoms with E-state index in [0.717, 1.165) is 0 Å². The molecule has 0 atom stereocenters. The average Bonchev–Trinajstić information content (AvgIpc) is 2.31. The Morgan fingerprint density at radius 2 is 1.44 bits per heavy atom. The van der Waals surface area contributed by atoms with Crippen LogP contribution < -0.4 is 0 Å². The molecule has 4 nitrogen and oxygen atoms in total. The first-order chi connectivity index (χ1) is 8.35. The van der Waals surface area contributed by atoms with Crippen LogP contribution >= 0.6 is 11.6 Å². The van der Waals surface area contributed by atoms with E-state index >= 15 is 0 Å². The lowest BCUT2D eigenvalue weighted by Crippen LogP contribution is -2.21. The zero-order chi connectivity index (χ0) is 14.2. The van der Waals surface area contributed by atoms with Gasteiger partial charge in [-0.3, -0.25) is 4.55 Å². The summed E-state index contributed by atoms with van der Waals surface area (Å²) in [5, 5.41) is 0.428. The highest BCUT2D eigenvalue weighted by molar-refractivity contribution is 7.85. The first-order valence-corrected chi connectivity index (χ1v) is 7.62. The normalized spacial score (nSPS) is 11.0. The van der Waals surface area contributed by atoms with Gasteiger partial charge in [-0.2, -0.15) is 8.42 Å². The van der Waals surface area contributed by atoms with Crippen molar-refractivity contribution in [1.82, 2.24) is 4.90 Å². The fourth-order valence-corrected chi connectivity index (χ4v) is 1.88. The quantitative estimate of drug-likeness (QED) is 0.867. The molecule has 0 aliphatic heterocycles. The molecule has 0 saturated heterocycles. The second kappa shape index (κ2) is 8.48. The van der Waals surface area contributed by atoms with Crippen molar-refractivity contribution < 1.29 is 13.0 Å². The van der Waals surface area contributed by atoms with Crippen LogP contribution in [0.1, 0.15) is 20.8 Å². The number of benzene rings is 1. The molecule has 0 fully saturated rings. The Morgan fingerprint density at radius 3 is 1.67 bits per heavy atom. The van der Waals surface area contributed by atoms with Crippen molar-refractivity contribution in [3.05, 3.63) is 29.3 Å². The first-order valence-electron chi connectivity index (χ1n) is 5.80. The van der Waals surface area contributed by atoms with Crippen LogP contribution in [0.2, 0.25) is 5.02 Å². The van der Waals surface area contributed by atoms with Crippen molar-refractivity contribution in [2.75, 3.05) is 19.6 Å². The lowest BCUT2D eigenvalue weighted by Gasteiger charge is -2.13. The molecule has 0 heterocycles. The molecule has 0 aliphatic rings. The van der Waals surface area contributed by atoms with E-state index in [1.165, 1.54) is 43.9 Å². The first kappa shape index (κ1) is 17.4. The number of halogens is 1. The Kier molecular flexibility index (Phi) is 8.18. The Hall–Kier alpha value is -0.620. The van der Waals surface area contributed by atoms with E-state index in [2.05, 4.69) is 25.7 Å². The fraction of sp³-hybridized carbons (Fsp3) is 0.500. The molecular formula is C12H20ClNO3S. The number of hydrogen-bond donors (Lipinski definition) is 1. The van der Waals surface area contributed by atoms with E-state index in [1.54, 1.807) is 0 Å². The molecular weight excluding hydrogens is 274 g/mol. The fourth-order valence-electron chi connectivity index (χ4n) is 1.28. The molecule has 0 spiro atoms. The van der Waals surface area contributed by atoms with E-state index in [9.17, 15) is 8.42 Å². The molecule has 1 rings (SSSR count). The summed E-state index contributed by atoms with van der Waals surface area (Å²) < 4.78 is 29.4. The van der Waals surface area contributed by atoms with Crippen LogP contribution in [0.4, 0.5) is 0 Å². The van der Waals surface area contributed by atoms with Crippen molar-refractivity contribution in [3.8, 4) is 0 Å². The molecule has 104 valence electrons. The van der Waals surface area contributed by atoms with E-state index in [1.807, 2.05) is 0 Å². The van der Waals surface area contributed by atoms with Crippen LogP contribution in [0.3, 0.4) is 0 Å². The summed E-state index contributed by atoms with van der Waals surface area (Å²) in [6.07, 6.45) is 0. The zero-order valence-corrected chi connectivity index (χ0v) is 12.5. The minimum absolute atomic E-state index is 0.151. The summed E-state index contributed by atoms with van der Waals surface area (Å²) in [5.41, 5.74) is 0. The van der Waals surface area contributed by atoms with Crippen molar-refractivity contribution in [2.45, 2.75) is 25.7 Å². The summed E-state index contributed by atoms with van der Waals surface area (Å²) in [6.45, 7) is 10.1. The van der Waals surface area contributed by atoms with Crippen LogP contribution in [0.25, 0.3) is 0 Å².